The van der Waals surface area contributed by atoms with Gasteiger partial charge in [0, 0.05) is 42.9 Å². The number of aromatic nitrogens is 1. The Balaban J connectivity index is 1.83. The highest BCUT2D eigenvalue weighted by molar-refractivity contribution is 6.33. The van der Waals surface area contributed by atoms with Crippen molar-refractivity contribution < 1.29 is 9.84 Å². The van der Waals surface area contributed by atoms with E-state index in [9.17, 15) is 0 Å². The summed E-state index contributed by atoms with van der Waals surface area (Å²) in [6.45, 7) is 2.75. The monoisotopic (exact) mass is 346 g/mol. The lowest BCUT2D eigenvalue weighted by atomic mass is 10.1. The topological polar surface area (TPSA) is 45.6 Å². The fourth-order valence-corrected chi connectivity index (χ4v) is 3.18. The maximum atomic E-state index is 8.86. The zero-order valence-corrected chi connectivity index (χ0v) is 14.5. The molecule has 128 valence electrons. The Morgan fingerprint density at radius 2 is 1.96 bits per heavy atom. The standard InChI is InChI=1S/C19H23ClN2O2/c20-18-6-5-16(24-12-4-11-23)14-17(18)15-7-8-21-19(13-15)22-9-2-1-3-10-22/h5-8,13-14,23H,1-4,9-12H2. The second-order valence-electron chi connectivity index (χ2n) is 6.02. The number of halogens is 1. The lowest BCUT2D eigenvalue weighted by Gasteiger charge is -2.28. The highest BCUT2D eigenvalue weighted by Gasteiger charge is 2.14. The number of hydrogen-bond donors (Lipinski definition) is 1. The third-order valence-electron chi connectivity index (χ3n) is 4.25. The highest BCUT2D eigenvalue weighted by atomic mass is 35.5. The molecule has 1 aromatic heterocycles. The van der Waals surface area contributed by atoms with Crippen molar-refractivity contribution in [3.8, 4) is 16.9 Å². The number of aliphatic hydroxyl groups is 1. The van der Waals surface area contributed by atoms with Gasteiger partial charge in [-0.2, -0.15) is 0 Å². The predicted molar refractivity (Wildman–Crippen MR) is 97.9 cm³/mol. The Hall–Kier alpha value is -1.78. The van der Waals surface area contributed by atoms with Crippen molar-refractivity contribution >= 4 is 17.4 Å². The summed E-state index contributed by atoms with van der Waals surface area (Å²) in [6.07, 6.45) is 6.21. The molecule has 1 fully saturated rings. The van der Waals surface area contributed by atoms with Gasteiger partial charge in [-0.15, -0.1) is 0 Å². The lowest BCUT2D eigenvalue weighted by Crippen LogP contribution is -2.30. The number of nitrogens with zero attached hydrogens (tertiary/aromatic N) is 2. The summed E-state index contributed by atoms with van der Waals surface area (Å²) in [5.41, 5.74) is 1.99. The van der Waals surface area contributed by atoms with Crippen LogP contribution in [0.5, 0.6) is 5.75 Å². The van der Waals surface area contributed by atoms with Gasteiger partial charge in [-0.3, -0.25) is 0 Å². The summed E-state index contributed by atoms with van der Waals surface area (Å²) < 4.78 is 5.67. The van der Waals surface area contributed by atoms with Crippen LogP contribution < -0.4 is 9.64 Å². The molecule has 0 amide bonds. The molecule has 2 aromatic rings. The van der Waals surface area contributed by atoms with Crippen molar-refractivity contribution in [3.05, 3.63) is 41.6 Å². The fraction of sp³-hybridized carbons (Fsp3) is 0.421. The summed E-state index contributed by atoms with van der Waals surface area (Å²) in [5.74, 6) is 1.77. The average molecular weight is 347 g/mol. The Kier molecular flexibility index (Phi) is 5.94. The lowest BCUT2D eigenvalue weighted by molar-refractivity contribution is 0.233. The van der Waals surface area contributed by atoms with Gasteiger partial charge in [-0.1, -0.05) is 11.6 Å². The maximum absolute atomic E-state index is 8.86. The quantitative estimate of drug-likeness (QED) is 0.798. The average Bonchev–Trinajstić information content (AvgIpc) is 2.64. The fourth-order valence-electron chi connectivity index (χ4n) is 2.95. The minimum atomic E-state index is 0.129. The summed E-state index contributed by atoms with van der Waals surface area (Å²) >= 11 is 6.40. The second-order valence-corrected chi connectivity index (χ2v) is 6.42. The number of hydrogen-bond acceptors (Lipinski definition) is 4. The molecule has 0 saturated carbocycles. The normalized spacial score (nSPS) is 14.7. The van der Waals surface area contributed by atoms with Crippen LogP contribution >= 0.6 is 11.6 Å². The van der Waals surface area contributed by atoms with Gasteiger partial charge >= 0.3 is 0 Å². The molecule has 1 aliphatic rings. The highest BCUT2D eigenvalue weighted by Crippen LogP contribution is 2.33. The zero-order chi connectivity index (χ0) is 16.8. The number of ether oxygens (including phenoxy) is 1. The van der Waals surface area contributed by atoms with Crippen molar-refractivity contribution in [3.63, 3.8) is 0 Å². The number of piperidine rings is 1. The first-order chi connectivity index (χ1) is 11.8. The van der Waals surface area contributed by atoms with Gasteiger partial charge in [0.05, 0.1) is 6.61 Å². The van der Waals surface area contributed by atoms with Crippen LogP contribution in [0.2, 0.25) is 5.02 Å². The van der Waals surface area contributed by atoms with Crippen LogP contribution in [0, 0.1) is 0 Å². The van der Waals surface area contributed by atoms with Crippen LogP contribution in [-0.2, 0) is 0 Å². The Morgan fingerprint density at radius 1 is 1.12 bits per heavy atom. The predicted octanol–water partition coefficient (Wildman–Crippen LogP) is 4.15. The van der Waals surface area contributed by atoms with Gasteiger partial charge in [0.25, 0.3) is 0 Å². The van der Waals surface area contributed by atoms with Crippen molar-refractivity contribution in [1.82, 2.24) is 4.98 Å². The first kappa shape index (κ1) is 17.1. The van der Waals surface area contributed by atoms with E-state index in [2.05, 4.69) is 16.0 Å². The Labute approximate surface area is 148 Å². The molecular weight excluding hydrogens is 324 g/mol. The van der Waals surface area contributed by atoms with E-state index in [0.29, 0.717) is 18.1 Å². The van der Waals surface area contributed by atoms with Crippen LogP contribution in [0.3, 0.4) is 0 Å². The number of benzene rings is 1. The Morgan fingerprint density at radius 3 is 2.75 bits per heavy atom. The van der Waals surface area contributed by atoms with Crippen LogP contribution in [0.1, 0.15) is 25.7 Å². The Bertz CT molecular complexity index is 672. The molecule has 0 spiro atoms. The first-order valence-corrected chi connectivity index (χ1v) is 8.90. The van der Waals surface area contributed by atoms with Gasteiger partial charge in [0.2, 0.25) is 0 Å². The molecule has 0 atom stereocenters. The van der Waals surface area contributed by atoms with Gasteiger partial charge < -0.3 is 14.7 Å². The molecule has 1 aliphatic heterocycles. The molecule has 1 N–H and O–H groups in total. The molecule has 1 saturated heterocycles. The van der Waals surface area contributed by atoms with Gasteiger partial charge in [0.1, 0.15) is 11.6 Å². The van der Waals surface area contributed by atoms with Crippen molar-refractivity contribution in [2.75, 3.05) is 31.2 Å². The van der Waals surface area contributed by atoms with Crippen molar-refractivity contribution in [2.24, 2.45) is 0 Å². The number of aliphatic hydroxyl groups excluding tert-OH is 1. The number of anilines is 1. The van der Waals surface area contributed by atoms with Crippen LogP contribution in [0.15, 0.2) is 36.5 Å². The minimum absolute atomic E-state index is 0.129. The van der Waals surface area contributed by atoms with Gasteiger partial charge in [-0.05, 0) is 55.2 Å². The van der Waals surface area contributed by atoms with Crippen molar-refractivity contribution in [2.45, 2.75) is 25.7 Å². The summed E-state index contributed by atoms with van der Waals surface area (Å²) in [7, 11) is 0. The van der Waals surface area contributed by atoms with Gasteiger partial charge in [0.15, 0.2) is 0 Å². The largest absolute Gasteiger partial charge is 0.493 e. The molecule has 24 heavy (non-hydrogen) atoms. The molecule has 3 rings (SSSR count). The summed E-state index contributed by atoms with van der Waals surface area (Å²) in [6, 6.07) is 9.74. The molecule has 4 nitrogen and oxygen atoms in total. The molecule has 0 bridgehead atoms. The van der Waals surface area contributed by atoms with Crippen LogP contribution in [-0.4, -0.2) is 36.4 Å². The third kappa shape index (κ3) is 4.19. The number of pyridine rings is 1. The van der Waals surface area contributed by atoms with Crippen LogP contribution in [0.4, 0.5) is 5.82 Å². The molecule has 0 radical (unpaired) electrons. The van der Waals surface area contributed by atoms with E-state index in [1.165, 1.54) is 19.3 Å². The maximum Gasteiger partial charge on any atom is 0.129 e. The summed E-state index contributed by atoms with van der Waals surface area (Å²) in [4.78, 5) is 6.86. The molecule has 0 aliphatic carbocycles. The van der Waals surface area contributed by atoms with E-state index in [4.69, 9.17) is 21.4 Å². The van der Waals surface area contributed by atoms with Gasteiger partial charge in [-0.25, -0.2) is 4.98 Å². The van der Waals surface area contributed by atoms with Crippen LogP contribution in [0.25, 0.3) is 11.1 Å². The van der Waals surface area contributed by atoms with E-state index in [-0.39, 0.29) is 6.61 Å². The first-order valence-electron chi connectivity index (χ1n) is 8.52. The minimum Gasteiger partial charge on any atom is -0.493 e. The molecular formula is C19H23ClN2O2. The summed E-state index contributed by atoms with van der Waals surface area (Å²) in [5, 5.41) is 9.56. The van der Waals surface area contributed by atoms with E-state index in [1.54, 1.807) is 0 Å². The third-order valence-corrected chi connectivity index (χ3v) is 4.58. The van der Waals surface area contributed by atoms with E-state index in [0.717, 1.165) is 35.8 Å². The molecule has 0 unspecified atom stereocenters. The molecule has 5 heteroatoms. The molecule has 2 heterocycles. The SMILES string of the molecule is OCCCOc1ccc(Cl)c(-c2ccnc(N3CCCCC3)c2)c1. The second kappa shape index (κ2) is 8.36. The van der Waals surface area contributed by atoms with E-state index < -0.39 is 0 Å². The zero-order valence-electron chi connectivity index (χ0n) is 13.7. The van der Waals surface area contributed by atoms with E-state index >= 15 is 0 Å². The number of rotatable bonds is 6. The smallest absolute Gasteiger partial charge is 0.129 e. The van der Waals surface area contributed by atoms with E-state index in [1.807, 2.05) is 30.5 Å². The van der Waals surface area contributed by atoms with Crippen molar-refractivity contribution in [1.29, 1.82) is 0 Å². The molecule has 1 aromatic carbocycles.